The summed E-state index contributed by atoms with van der Waals surface area (Å²) in [5, 5.41) is 5.19. The Labute approximate surface area is 122 Å². The molecule has 1 heterocycles. The molecule has 0 radical (unpaired) electrons. The van der Waals surface area contributed by atoms with E-state index in [1.807, 2.05) is 48.5 Å². The lowest BCUT2D eigenvalue weighted by atomic mass is 10.1. The molecule has 0 bridgehead atoms. The number of fused-ring (bicyclic) bond motifs is 1. The lowest BCUT2D eigenvalue weighted by Crippen LogP contribution is -2.01. The van der Waals surface area contributed by atoms with Gasteiger partial charge in [0.05, 0.1) is 11.2 Å². The van der Waals surface area contributed by atoms with Crippen LogP contribution in [0.5, 0.6) is 0 Å². The molecule has 0 spiro atoms. The number of nitrogen functional groups attached to an aromatic ring is 1. The second-order valence-electron chi connectivity index (χ2n) is 4.58. The first-order valence-corrected chi connectivity index (χ1v) is 6.73. The number of para-hydroxylation sites is 1. The van der Waals surface area contributed by atoms with Crippen LogP contribution in [0.1, 0.15) is 5.56 Å². The van der Waals surface area contributed by atoms with Gasteiger partial charge in [-0.2, -0.15) is 0 Å². The minimum Gasteiger partial charge on any atom is -0.397 e. The number of hydrogen-bond donors (Lipinski definition) is 2. The van der Waals surface area contributed by atoms with Gasteiger partial charge in [0.1, 0.15) is 0 Å². The summed E-state index contributed by atoms with van der Waals surface area (Å²) in [4.78, 5) is 4.33. The Morgan fingerprint density at radius 1 is 1.05 bits per heavy atom. The van der Waals surface area contributed by atoms with E-state index in [2.05, 4.69) is 10.3 Å². The van der Waals surface area contributed by atoms with Crippen LogP contribution in [0.4, 0.5) is 11.4 Å². The fourth-order valence-electron chi connectivity index (χ4n) is 2.15. The van der Waals surface area contributed by atoms with E-state index in [9.17, 15) is 0 Å². The molecule has 100 valence electrons. The average Bonchev–Trinajstić information content (AvgIpc) is 2.47. The summed E-state index contributed by atoms with van der Waals surface area (Å²) in [5.74, 6) is 0. The number of nitrogens with one attached hydrogen (secondary N) is 1. The third-order valence-corrected chi connectivity index (χ3v) is 3.45. The van der Waals surface area contributed by atoms with Crippen molar-refractivity contribution in [1.29, 1.82) is 0 Å². The third kappa shape index (κ3) is 2.53. The van der Waals surface area contributed by atoms with Crippen molar-refractivity contribution in [3.05, 3.63) is 65.3 Å². The number of aromatic nitrogens is 1. The second kappa shape index (κ2) is 5.39. The van der Waals surface area contributed by atoms with Crippen molar-refractivity contribution >= 4 is 33.9 Å². The summed E-state index contributed by atoms with van der Waals surface area (Å²) in [7, 11) is 0. The molecular formula is C16H14ClN3. The molecule has 0 fully saturated rings. The minimum atomic E-state index is 0.692. The van der Waals surface area contributed by atoms with Gasteiger partial charge in [-0.3, -0.25) is 4.98 Å². The zero-order chi connectivity index (χ0) is 13.9. The fourth-order valence-corrected chi connectivity index (χ4v) is 2.28. The van der Waals surface area contributed by atoms with Gasteiger partial charge in [0.25, 0.3) is 0 Å². The van der Waals surface area contributed by atoms with E-state index in [1.54, 1.807) is 6.20 Å². The standard InChI is InChI=1S/C16H14ClN3/c17-12-6-4-11(5-7-12)10-20-15-8-9-19-16-13(15)2-1-3-14(16)18/h1-9H,10,18H2,(H,19,20). The molecule has 0 aliphatic heterocycles. The summed E-state index contributed by atoms with van der Waals surface area (Å²) >= 11 is 5.88. The summed E-state index contributed by atoms with van der Waals surface area (Å²) < 4.78 is 0. The molecule has 2 aromatic carbocycles. The molecule has 3 nitrogen and oxygen atoms in total. The Morgan fingerprint density at radius 2 is 1.85 bits per heavy atom. The number of nitrogens with two attached hydrogens (primary N) is 1. The van der Waals surface area contributed by atoms with Crippen molar-refractivity contribution in [1.82, 2.24) is 4.98 Å². The number of benzene rings is 2. The first-order chi connectivity index (χ1) is 9.74. The van der Waals surface area contributed by atoms with Gasteiger partial charge >= 0.3 is 0 Å². The molecule has 0 aliphatic carbocycles. The summed E-state index contributed by atoms with van der Waals surface area (Å²) in [5.41, 5.74) is 9.66. The summed E-state index contributed by atoms with van der Waals surface area (Å²) in [6.45, 7) is 0.727. The predicted molar refractivity (Wildman–Crippen MR) is 84.9 cm³/mol. The summed E-state index contributed by atoms with van der Waals surface area (Å²) in [6, 6.07) is 15.6. The molecule has 0 amide bonds. The molecule has 0 aliphatic rings. The maximum atomic E-state index is 5.94. The van der Waals surface area contributed by atoms with Crippen LogP contribution < -0.4 is 11.1 Å². The number of halogens is 1. The van der Waals surface area contributed by atoms with Gasteiger partial charge in [0.15, 0.2) is 0 Å². The second-order valence-corrected chi connectivity index (χ2v) is 5.02. The molecule has 0 saturated carbocycles. The number of anilines is 2. The van der Waals surface area contributed by atoms with Crippen LogP contribution >= 0.6 is 11.6 Å². The van der Waals surface area contributed by atoms with Crippen LogP contribution in [-0.4, -0.2) is 4.98 Å². The first kappa shape index (κ1) is 12.8. The van der Waals surface area contributed by atoms with E-state index in [0.29, 0.717) is 5.69 Å². The normalized spacial score (nSPS) is 10.7. The van der Waals surface area contributed by atoms with Gasteiger partial charge in [0.2, 0.25) is 0 Å². The van der Waals surface area contributed by atoms with Gasteiger partial charge < -0.3 is 11.1 Å². The highest BCUT2D eigenvalue weighted by molar-refractivity contribution is 6.30. The van der Waals surface area contributed by atoms with Crippen LogP contribution in [0.2, 0.25) is 5.02 Å². The fraction of sp³-hybridized carbons (Fsp3) is 0.0625. The molecule has 3 rings (SSSR count). The van der Waals surface area contributed by atoms with Gasteiger partial charge in [-0.1, -0.05) is 35.9 Å². The maximum Gasteiger partial charge on any atom is 0.0951 e. The molecule has 3 N–H and O–H groups in total. The van der Waals surface area contributed by atoms with Crippen LogP contribution in [-0.2, 0) is 6.54 Å². The van der Waals surface area contributed by atoms with Crippen LogP contribution in [0.15, 0.2) is 54.7 Å². The van der Waals surface area contributed by atoms with Crippen molar-refractivity contribution in [2.45, 2.75) is 6.54 Å². The van der Waals surface area contributed by atoms with Gasteiger partial charge in [-0.15, -0.1) is 0 Å². The van der Waals surface area contributed by atoms with Crippen molar-refractivity contribution in [3.8, 4) is 0 Å². The quantitative estimate of drug-likeness (QED) is 0.712. The lowest BCUT2D eigenvalue weighted by molar-refractivity contribution is 1.15. The molecule has 4 heteroatoms. The molecule has 0 atom stereocenters. The number of hydrogen-bond acceptors (Lipinski definition) is 3. The summed E-state index contributed by atoms with van der Waals surface area (Å²) in [6.07, 6.45) is 1.77. The van der Waals surface area contributed by atoms with E-state index in [4.69, 9.17) is 17.3 Å². The van der Waals surface area contributed by atoms with Gasteiger partial charge in [-0.05, 0) is 29.8 Å². The molecular weight excluding hydrogens is 270 g/mol. The first-order valence-electron chi connectivity index (χ1n) is 6.35. The molecule has 0 saturated heterocycles. The predicted octanol–water partition coefficient (Wildman–Crippen LogP) is 4.08. The average molecular weight is 284 g/mol. The van der Waals surface area contributed by atoms with Gasteiger partial charge in [-0.25, -0.2) is 0 Å². The highest BCUT2D eigenvalue weighted by Crippen LogP contribution is 2.25. The van der Waals surface area contributed by atoms with Gasteiger partial charge in [0, 0.05) is 28.8 Å². The third-order valence-electron chi connectivity index (χ3n) is 3.20. The van der Waals surface area contributed by atoms with Crippen LogP contribution in [0.3, 0.4) is 0 Å². The topological polar surface area (TPSA) is 50.9 Å². The van der Waals surface area contributed by atoms with E-state index in [1.165, 1.54) is 5.56 Å². The SMILES string of the molecule is Nc1cccc2c(NCc3ccc(Cl)cc3)ccnc12. The number of rotatable bonds is 3. The van der Waals surface area contributed by atoms with E-state index >= 15 is 0 Å². The Morgan fingerprint density at radius 3 is 2.65 bits per heavy atom. The zero-order valence-electron chi connectivity index (χ0n) is 10.8. The molecule has 20 heavy (non-hydrogen) atoms. The van der Waals surface area contributed by atoms with Crippen molar-refractivity contribution in [2.24, 2.45) is 0 Å². The Balaban J connectivity index is 1.88. The Bertz CT molecular complexity index is 738. The van der Waals surface area contributed by atoms with Crippen molar-refractivity contribution < 1.29 is 0 Å². The highest BCUT2D eigenvalue weighted by atomic mass is 35.5. The van der Waals surface area contributed by atoms with E-state index in [-0.39, 0.29) is 0 Å². The van der Waals surface area contributed by atoms with E-state index < -0.39 is 0 Å². The van der Waals surface area contributed by atoms with E-state index in [0.717, 1.165) is 28.2 Å². The number of pyridine rings is 1. The molecule has 3 aromatic rings. The molecule has 1 aromatic heterocycles. The van der Waals surface area contributed by atoms with Crippen LogP contribution in [0.25, 0.3) is 10.9 Å². The maximum absolute atomic E-state index is 5.94. The zero-order valence-corrected chi connectivity index (χ0v) is 11.6. The Kier molecular flexibility index (Phi) is 3.44. The molecule has 0 unspecified atom stereocenters. The number of nitrogens with zero attached hydrogens (tertiary/aromatic N) is 1. The monoisotopic (exact) mass is 283 g/mol. The van der Waals surface area contributed by atoms with Crippen molar-refractivity contribution in [3.63, 3.8) is 0 Å². The largest absolute Gasteiger partial charge is 0.397 e. The minimum absolute atomic E-state index is 0.692. The smallest absolute Gasteiger partial charge is 0.0951 e. The lowest BCUT2D eigenvalue weighted by Gasteiger charge is -2.10. The van der Waals surface area contributed by atoms with Crippen LogP contribution in [0, 0.1) is 0 Å². The Hall–Kier alpha value is -2.26. The van der Waals surface area contributed by atoms with Crippen molar-refractivity contribution in [2.75, 3.05) is 11.1 Å². The highest BCUT2D eigenvalue weighted by Gasteiger charge is 2.04.